The average Bonchev–Trinajstić information content (AvgIpc) is 2.97. The molecule has 0 radical (unpaired) electrons. The van der Waals surface area contributed by atoms with Gasteiger partial charge >= 0.3 is 5.97 Å². The van der Waals surface area contributed by atoms with Gasteiger partial charge in [0.05, 0.1) is 24.5 Å². The number of carboxylic acids is 1. The number of nitrogen functional groups attached to an aromatic ring is 1. The molecule has 3 N–H and O–H groups in total. The zero-order chi connectivity index (χ0) is 14.8. The van der Waals surface area contributed by atoms with E-state index in [0.29, 0.717) is 17.3 Å². The van der Waals surface area contributed by atoms with E-state index in [4.69, 9.17) is 10.5 Å². The molecule has 2 saturated heterocycles. The summed E-state index contributed by atoms with van der Waals surface area (Å²) in [4.78, 5) is 16.0. The van der Waals surface area contributed by atoms with E-state index in [1.54, 1.807) is 18.2 Å². The van der Waals surface area contributed by atoms with Crippen LogP contribution in [-0.4, -0.2) is 61.4 Å². The smallest absolute Gasteiger partial charge is 0.337 e. The molecular weight excluding hydrogens is 270 g/mol. The molecule has 6 heteroatoms. The fourth-order valence-corrected chi connectivity index (χ4v) is 3.19. The van der Waals surface area contributed by atoms with E-state index in [-0.39, 0.29) is 0 Å². The number of benzene rings is 1. The lowest BCUT2D eigenvalue weighted by atomic mass is 10.1. The molecule has 21 heavy (non-hydrogen) atoms. The highest BCUT2D eigenvalue weighted by molar-refractivity contribution is 5.95. The van der Waals surface area contributed by atoms with Gasteiger partial charge in [-0.25, -0.2) is 4.79 Å². The molecular formula is C15H21N3O3. The first kappa shape index (κ1) is 14.2. The Kier molecular flexibility index (Phi) is 3.98. The number of carboxylic acid groups (broad SMARTS) is 1. The summed E-state index contributed by atoms with van der Waals surface area (Å²) in [6.07, 6.45) is 1.05. The minimum Gasteiger partial charge on any atom is -0.478 e. The number of rotatable bonds is 3. The largest absolute Gasteiger partial charge is 0.478 e. The Morgan fingerprint density at radius 3 is 2.76 bits per heavy atom. The number of nitrogens with two attached hydrogens (primary N) is 1. The lowest BCUT2D eigenvalue weighted by Crippen LogP contribution is -2.44. The molecule has 0 aromatic heterocycles. The molecule has 2 heterocycles. The summed E-state index contributed by atoms with van der Waals surface area (Å²) in [7, 11) is 0. The third kappa shape index (κ3) is 2.96. The van der Waals surface area contributed by atoms with E-state index in [9.17, 15) is 9.90 Å². The number of hydrogen-bond acceptors (Lipinski definition) is 5. The van der Waals surface area contributed by atoms with Crippen LogP contribution in [-0.2, 0) is 4.74 Å². The van der Waals surface area contributed by atoms with Crippen molar-refractivity contribution in [1.82, 2.24) is 4.90 Å². The maximum absolute atomic E-state index is 11.4. The maximum atomic E-state index is 11.4. The Balaban J connectivity index is 1.76. The second kappa shape index (κ2) is 5.91. The summed E-state index contributed by atoms with van der Waals surface area (Å²) < 4.78 is 5.39. The van der Waals surface area contributed by atoms with Gasteiger partial charge in [0.25, 0.3) is 0 Å². The number of anilines is 2. The molecule has 114 valence electrons. The van der Waals surface area contributed by atoms with Gasteiger partial charge in [-0.15, -0.1) is 0 Å². The van der Waals surface area contributed by atoms with Crippen LogP contribution in [0.5, 0.6) is 0 Å². The molecule has 1 aromatic carbocycles. The summed E-state index contributed by atoms with van der Waals surface area (Å²) in [5.74, 6) is -0.903. The summed E-state index contributed by atoms with van der Waals surface area (Å²) in [5, 5.41) is 9.34. The SMILES string of the molecule is Nc1ccc(C(=O)O)c(N2CCC(N3CCOCC3)C2)c1. The number of nitrogens with zero attached hydrogens (tertiary/aromatic N) is 2. The van der Waals surface area contributed by atoms with Crippen LogP contribution in [0.25, 0.3) is 0 Å². The zero-order valence-corrected chi connectivity index (χ0v) is 12.0. The van der Waals surface area contributed by atoms with E-state index >= 15 is 0 Å². The van der Waals surface area contributed by atoms with Gasteiger partial charge < -0.3 is 20.5 Å². The molecule has 2 fully saturated rings. The van der Waals surface area contributed by atoms with Crippen molar-refractivity contribution in [2.45, 2.75) is 12.5 Å². The summed E-state index contributed by atoms with van der Waals surface area (Å²) in [6, 6.07) is 5.47. The highest BCUT2D eigenvalue weighted by Crippen LogP contribution is 2.28. The van der Waals surface area contributed by atoms with Crippen LogP contribution in [0.2, 0.25) is 0 Å². The highest BCUT2D eigenvalue weighted by atomic mass is 16.5. The molecule has 1 unspecified atom stereocenters. The second-order valence-corrected chi connectivity index (χ2v) is 5.62. The van der Waals surface area contributed by atoms with Crippen LogP contribution in [0.4, 0.5) is 11.4 Å². The van der Waals surface area contributed by atoms with Gasteiger partial charge in [-0.1, -0.05) is 0 Å². The molecule has 6 nitrogen and oxygen atoms in total. The van der Waals surface area contributed by atoms with Crippen molar-refractivity contribution in [3.05, 3.63) is 23.8 Å². The number of carbonyl (C=O) groups is 1. The molecule has 0 aliphatic carbocycles. The van der Waals surface area contributed by atoms with Gasteiger partial charge in [0.1, 0.15) is 0 Å². The monoisotopic (exact) mass is 291 g/mol. The number of aromatic carboxylic acids is 1. The van der Waals surface area contributed by atoms with Crippen molar-refractivity contribution in [3.63, 3.8) is 0 Å². The van der Waals surface area contributed by atoms with Crippen molar-refractivity contribution >= 4 is 17.3 Å². The first-order chi connectivity index (χ1) is 10.1. The topological polar surface area (TPSA) is 79.0 Å². The molecule has 0 amide bonds. The third-order valence-corrected chi connectivity index (χ3v) is 4.32. The Hall–Kier alpha value is -1.79. The van der Waals surface area contributed by atoms with Gasteiger partial charge in [-0.2, -0.15) is 0 Å². The van der Waals surface area contributed by atoms with Gasteiger partial charge in [-0.05, 0) is 24.6 Å². The van der Waals surface area contributed by atoms with E-state index < -0.39 is 5.97 Å². The van der Waals surface area contributed by atoms with E-state index in [1.807, 2.05) is 0 Å². The van der Waals surface area contributed by atoms with E-state index in [2.05, 4.69) is 9.80 Å². The molecule has 1 atom stereocenters. The van der Waals surface area contributed by atoms with Gasteiger partial charge in [0, 0.05) is 37.9 Å². The number of ether oxygens (including phenoxy) is 1. The van der Waals surface area contributed by atoms with Crippen LogP contribution < -0.4 is 10.6 Å². The summed E-state index contributed by atoms with van der Waals surface area (Å²) in [5.41, 5.74) is 7.49. The predicted octanol–water partition coefficient (Wildman–Crippen LogP) is 0.878. The van der Waals surface area contributed by atoms with Crippen LogP contribution in [0, 0.1) is 0 Å². The molecule has 3 rings (SSSR count). The second-order valence-electron chi connectivity index (χ2n) is 5.62. The minimum absolute atomic E-state index is 0.326. The average molecular weight is 291 g/mol. The Morgan fingerprint density at radius 2 is 2.05 bits per heavy atom. The molecule has 2 aliphatic heterocycles. The van der Waals surface area contributed by atoms with E-state index in [0.717, 1.165) is 51.5 Å². The van der Waals surface area contributed by atoms with E-state index in [1.165, 1.54) is 0 Å². The van der Waals surface area contributed by atoms with Crippen LogP contribution in [0.1, 0.15) is 16.8 Å². The number of morpholine rings is 1. The zero-order valence-electron chi connectivity index (χ0n) is 12.0. The molecule has 0 bridgehead atoms. The van der Waals surface area contributed by atoms with Gasteiger partial charge in [-0.3, -0.25) is 4.90 Å². The normalized spacial score (nSPS) is 23.4. The Labute approximate surface area is 124 Å². The van der Waals surface area contributed by atoms with Crippen LogP contribution in [0.15, 0.2) is 18.2 Å². The van der Waals surface area contributed by atoms with Crippen LogP contribution >= 0.6 is 0 Å². The first-order valence-electron chi connectivity index (χ1n) is 7.35. The first-order valence-corrected chi connectivity index (χ1v) is 7.35. The van der Waals surface area contributed by atoms with Crippen molar-refractivity contribution < 1.29 is 14.6 Å². The lowest BCUT2D eigenvalue weighted by molar-refractivity contribution is 0.0209. The molecule has 1 aromatic rings. The fraction of sp³-hybridized carbons (Fsp3) is 0.533. The third-order valence-electron chi connectivity index (χ3n) is 4.32. The standard InChI is InChI=1S/C15H21N3O3/c16-11-1-2-13(15(19)20)14(9-11)18-4-3-12(10-18)17-5-7-21-8-6-17/h1-2,9,12H,3-8,10,16H2,(H,19,20). The molecule has 0 saturated carbocycles. The highest BCUT2D eigenvalue weighted by Gasteiger charge is 2.30. The summed E-state index contributed by atoms with van der Waals surface area (Å²) in [6.45, 7) is 5.21. The number of hydrogen-bond donors (Lipinski definition) is 2. The van der Waals surface area contributed by atoms with Gasteiger partial charge in [0.15, 0.2) is 0 Å². The van der Waals surface area contributed by atoms with Crippen molar-refractivity contribution in [1.29, 1.82) is 0 Å². The van der Waals surface area contributed by atoms with Crippen molar-refractivity contribution in [2.75, 3.05) is 50.0 Å². The summed E-state index contributed by atoms with van der Waals surface area (Å²) >= 11 is 0. The molecule has 2 aliphatic rings. The Bertz CT molecular complexity index is 529. The van der Waals surface area contributed by atoms with Crippen molar-refractivity contribution in [3.8, 4) is 0 Å². The molecule has 0 spiro atoms. The Morgan fingerprint density at radius 1 is 1.29 bits per heavy atom. The van der Waals surface area contributed by atoms with Crippen molar-refractivity contribution in [2.24, 2.45) is 0 Å². The predicted molar refractivity (Wildman–Crippen MR) is 80.8 cm³/mol. The maximum Gasteiger partial charge on any atom is 0.337 e. The van der Waals surface area contributed by atoms with Gasteiger partial charge in [0.2, 0.25) is 0 Å². The lowest BCUT2D eigenvalue weighted by Gasteiger charge is -2.32. The van der Waals surface area contributed by atoms with Crippen LogP contribution in [0.3, 0.4) is 0 Å². The minimum atomic E-state index is -0.903. The quantitative estimate of drug-likeness (QED) is 0.805. The fourth-order valence-electron chi connectivity index (χ4n) is 3.19.